The van der Waals surface area contributed by atoms with E-state index in [2.05, 4.69) is 17.9 Å². The summed E-state index contributed by atoms with van der Waals surface area (Å²) in [6.07, 6.45) is 3.92. The van der Waals surface area contributed by atoms with Crippen molar-refractivity contribution in [3.63, 3.8) is 0 Å². The number of carbonyl (C=O) groups excluding carboxylic acids is 1. The number of fused-ring (bicyclic) bond motifs is 2. The molecule has 1 amide bonds. The maximum atomic E-state index is 12.5. The van der Waals surface area contributed by atoms with Gasteiger partial charge in [-0.15, -0.1) is 0 Å². The van der Waals surface area contributed by atoms with Crippen molar-refractivity contribution >= 4 is 5.91 Å². The molecule has 98 valence electrons. The van der Waals surface area contributed by atoms with Crippen molar-refractivity contribution < 1.29 is 4.79 Å². The number of hydrogen-bond donors (Lipinski definition) is 0. The fourth-order valence-corrected chi connectivity index (χ4v) is 3.69. The molecule has 1 aromatic rings. The van der Waals surface area contributed by atoms with Crippen LogP contribution >= 0.6 is 0 Å². The molecule has 3 rings (SSSR count). The molecular formula is C16H18N2O. The zero-order chi connectivity index (χ0) is 13.4. The van der Waals surface area contributed by atoms with Gasteiger partial charge in [0, 0.05) is 12.1 Å². The summed E-state index contributed by atoms with van der Waals surface area (Å²) in [5.74, 6) is 0.875. The molecule has 3 unspecified atom stereocenters. The van der Waals surface area contributed by atoms with Crippen molar-refractivity contribution in [3.05, 3.63) is 35.4 Å². The van der Waals surface area contributed by atoms with Gasteiger partial charge in [-0.1, -0.05) is 19.1 Å². The molecule has 1 aromatic carbocycles. The number of hydrogen-bond acceptors (Lipinski definition) is 2. The van der Waals surface area contributed by atoms with Gasteiger partial charge < -0.3 is 4.90 Å². The first-order valence-corrected chi connectivity index (χ1v) is 6.99. The van der Waals surface area contributed by atoms with Crippen LogP contribution in [0, 0.1) is 17.2 Å². The van der Waals surface area contributed by atoms with E-state index in [1.807, 2.05) is 18.2 Å². The second-order valence-corrected chi connectivity index (χ2v) is 5.80. The molecule has 0 aliphatic carbocycles. The van der Waals surface area contributed by atoms with Crippen LogP contribution in [-0.2, 0) is 11.2 Å². The van der Waals surface area contributed by atoms with Gasteiger partial charge in [0.15, 0.2) is 0 Å². The van der Waals surface area contributed by atoms with Crippen LogP contribution in [0.15, 0.2) is 24.3 Å². The number of rotatable bonds is 2. The monoisotopic (exact) mass is 254 g/mol. The Morgan fingerprint density at radius 1 is 1.47 bits per heavy atom. The summed E-state index contributed by atoms with van der Waals surface area (Å²) in [5.41, 5.74) is 1.58. The van der Waals surface area contributed by atoms with Crippen molar-refractivity contribution in [2.45, 2.75) is 44.7 Å². The van der Waals surface area contributed by atoms with Crippen molar-refractivity contribution in [2.75, 3.05) is 0 Å². The second kappa shape index (κ2) is 4.70. The van der Waals surface area contributed by atoms with E-state index < -0.39 is 0 Å². The summed E-state index contributed by atoms with van der Waals surface area (Å²) in [7, 11) is 0. The van der Waals surface area contributed by atoms with Gasteiger partial charge >= 0.3 is 0 Å². The maximum absolute atomic E-state index is 12.5. The fourth-order valence-electron chi connectivity index (χ4n) is 3.69. The molecule has 2 saturated heterocycles. The zero-order valence-corrected chi connectivity index (χ0v) is 11.2. The highest BCUT2D eigenvalue weighted by Crippen LogP contribution is 2.41. The van der Waals surface area contributed by atoms with Crippen LogP contribution in [0.5, 0.6) is 0 Å². The number of benzene rings is 1. The molecule has 0 aromatic heterocycles. The third-order valence-electron chi connectivity index (χ3n) is 4.55. The van der Waals surface area contributed by atoms with Gasteiger partial charge in [0.05, 0.1) is 18.1 Å². The lowest BCUT2D eigenvalue weighted by atomic mass is 9.91. The van der Waals surface area contributed by atoms with Crippen molar-refractivity contribution in [2.24, 2.45) is 5.92 Å². The van der Waals surface area contributed by atoms with Crippen LogP contribution < -0.4 is 0 Å². The molecule has 0 spiro atoms. The smallest absolute Gasteiger partial charge is 0.227 e. The van der Waals surface area contributed by atoms with Gasteiger partial charge in [0.2, 0.25) is 5.91 Å². The predicted octanol–water partition coefficient (Wildman–Crippen LogP) is 2.50. The number of amides is 1. The van der Waals surface area contributed by atoms with E-state index in [-0.39, 0.29) is 5.91 Å². The molecule has 3 atom stereocenters. The fraction of sp³-hybridized carbons (Fsp3) is 0.500. The average Bonchev–Trinajstić information content (AvgIpc) is 2.95. The van der Waals surface area contributed by atoms with E-state index in [1.165, 1.54) is 6.42 Å². The lowest BCUT2D eigenvalue weighted by Crippen LogP contribution is -2.37. The minimum Gasteiger partial charge on any atom is -0.336 e. The Morgan fingerprint density at radius 2 is 2.32 bits per heavy atom. The first-order chi connectivity index (χ1) is 9.19. The van der Waals surface area contributed by atoms with Gasteiger partial charge in [-0.2, -0.15) is 5.26 Å². The SMILES string of the molecule is CC1CC2CCC1N2C(=O)Cc1cccc(C#N)c1. The van der Waals surface area contributed by atoms with Crippen LogP contribution in [0.1, 0.15) is 37.3 Å². The summed E-state index contributed by atoms with van der Waals surface area (Å²) >= 11 is 0. The molecule has 0 radical (unpaired) electrons. The van der Waals surface area contributed by atoms with E-state index >= 15 is 0 Å². The Morgan fingerprint density at radius 3 is 2.95 bits per heavy atom. The van der Waals surface area contributed by atoms with Crippen LogP contribution in [0.4, 0.5) is 0 Å². The summed E-state index contributed by atoms with van der Waals surface area (Å²) < 4.78 is 0. The molecule has 2 aliphatic heterocycles. The summed E-state index contributed by atoms with van der Waals surface area (Å²) in [6.45, 7) is 2.25. The molecule has 2 bridgehead atoms. The Balaban J connectivity index is 1.74. The molecule has 0 N–H and O–H groups in total. The third kappa shape index (κ3) is 2.12. The molecule has 0 saturated carbocycles. The maximum Gasteiger partial charge on any atom is 0.227 e. The van der Waals surface area contributed by atoms with Crippen molar-refractivity contribution in [1.82, 2.24) is 4.90 Å². The molecular weight excluding hydrogens is 236 g/mol. The van der Waals surface area contributed by atoms with Crippen LogP contribution in [-0.4, -0.2) is 22.9 Å². The zero-order valence-electron chi connectivity index (χ0n) is 11.2. The first-order valence-electron chi connectivity index (χ1n) is 6.99. The second-order valence-electron chi connectivity index (χ2n) is 5.80. The Kier molecular flexibility index (Phi) is 3.02. The largest absolute Gasteiger partial charge is 0.336 e. The minimum atomic E-state index is 0.229. The number of nitrogens with zero attached hydrogens (tertiary/aromatic N) is 2. The molecule has 19 heavy (non-hydrogen) atoms. The summed E-state index contributed by atoms with van der Waals surface area (Å²) in [6, 6.07) is 10.4. The number of carbonyl (C=O) groups is 1. The first kappa shape index (κ1) is 12.2. The lowest BCUT2D eigenvalue weighted by Gasteiger charge is -2.23. The Labute approximate surface area is 113 Å². The van der Waals surface area contributed by atoms with Crippen LogP contribution in [0.25, 0.3) is 0 Å². The van der Waals surface area contributed by atoms with Crippen molar-refractivity contribution in [1.29, 1.82) is 5.26 Å². The Bertz CT molecular complexity index is 546. The van der Waals surface area contributed by atoms with Gasteiger partial charge in [-0.3, -0.25) is 4.79 Å². The summed E-state index contributed by atoms with van der Waals surface area (Å²) in [5, 5.41) is 8.89. The van der Waals surface area contributed by atoms with Gasteiger partial charge in [-0.05, 0) is 42.9 Å². The summed E-state index contributed by atoms with van der Waals surface area (Å²) in [4.78, 5) is 14.6. The standard InChI is InChI=1S/C16H18N2O/c1-11-7-14-5-6-15(11)18(14)16(19)9-12-3-2-4-13(8-12)10-17/h2-4,8,11,14-15H,5-7,9H2,1H3. The van der Waals surface area contributed by atoms with E-state index in [4.69, 9.17) is 5.26 Å². The minimum absolute atomic E-state index is 0.229. The molecule has 3 nitrogen and oxygen atoms in total. The van der Waals surface area contributed by atoms with Crippen LogP contribution in [0.2, 0.25) is 0 Å². The predicted molar refractivity (Wildman–Crippen MR) is 72.3 cm³/mol. The molecule has 2 fully saturated rings. The highest BCUT2D eigenvalue weighted by Gasteiger charge is 2.46. The topological polar surface area (TPSA) is 44.1 Å². The van der Waals surface area contributed by atoms with E-state index in [1.54, 1.807) is 6.07 Å². The van der Waals surface area contributed by atoms with Crippen LogP contribution in [0.3, 0.4) is 0 Å². The normalized spacial score (nSPS) is 28.4. The molecule has 2 heterocycles. The van der Waals surface area contributed by atoms with Gasteiger partial charge in [0.1, 0.15) is 0 Å². The average molecular weight is 254 g/mol. The van der Waals surface area contributed by atoms with Gasteiger partial charge in [0.25, 0.3) is 0 Å². The van der Waals surface area contributed by atoms with E-state index in [0.29, 0.717) is 30.0 Å². The molecule has 3 heteroatoms. The number of nitriles is 1. The van der Waals surface area contributed by atoms with Gasteiger partial charge in [-0.25, -0.2) is 0 Å². The highest BCUT2D eigenvalue weighted by molar-refractivity contribution is 5.80. The third-order valence-corrected chi connectivity index (χ3v) is 4.55. The van der Waals surface area contributed by atoms with Crippen molar-refractivity contribution in [3.8, 4) is 6.07 Å². The van der Waals surface area contributed by atoms with E-state index in [9.17, 15) is 4.79 Å². The highest BCUT2D eigenvalue weighted by atomic mass is 16.2. The quantitative estimate of drug-likeness (QED) is 0.814. The lowest BCUT2D eigenvalue weighted by molar-refractivity contribution is -0.131. The Hall–Kier alpha value is -1.82. The molecule has 2 aliphatic rings. The van der Waals surface area contributed by atoms with E-state index in [0.717, 1.165) is 18.4 Å².